The SMILES string of the molecule is CCCCCCCCCCCCCCCCC(Cl)(Cl)C(=O)OCCCC. The zero-order valence-corrected chi connectivity index (χ0v) is 18.8. The van der Waals surface area contributed by atoms with Gasteiger partial charge in [-0.2, -0.15) is 0 Å². The maximum Gasteiger partial charge on any atom is 0.342 e. The summed E-state index contributed by atoms with van der Waals surface area (Å²) in [5, 5.41) is 0. The normalized spacial score (nSPS) is 11.7. The number of esters is 1. The molecule has 0 radical (unpaired) electrons. The van der Waals surface area contributed by atoms with Crippen molar-refractivity contribution >= 4 is 29.2 Å². The highest BCUT2D eigenvalue weighted by Gasteiger charge is 2.34. The van der Waals surface area contributed by atoms with Gasteiger partial charge in [-0.1, -0.05) is 127 Å². The molecule has 0 N–H and O–H groups in total. The van der Waals surface area contributed by atoms with Gasteiger partial charge in [0.25, 0.3) is 0 Å². The molecule has 0 rings (SSSR count). The highest BCUT2D eigenvalue weighted by molar-refractivity contribution is 6.57. The maximum atomic E-state index is 11.8. The molecule has 0 bridgehead atoms. The molecule has 0 amide bonds. The second-order valence-electron chi connectivity index (χ2n) is 7.54. The molecule has 26 heavy (non-hydrogen) atoms. The topological polar surface area (TPSA) is 26.3 Å². The predicted octanol–water partition coefficient (Wildman–Crippen LogP) is 8.38. The lowest BCUT2D eigenvalue weighted by molar-refractivity contribution is -0.144. The molecule has 0 atom stereocenters. The number of carbonyl (C=O) groups excluding carboxylic acids is 1. The van der Waals surface area contributed by atoms with Crippen molar-refractivity contribution in [1.29, 1.82) is 0 Å². The molecule has 0 heterocycles. The summed E-state index contributed by atoms with van der Waals surface area (Å²) in [6.45, 7) is 4.73. The zero-order valence-electron chi connectivity index (χ0n) is 17.3. The molecule has 0 saturated heterocycles. The molecule has 2 nitrogen and oxygen atoms in total. The molecule has 0 fully saturated rings. The average Bonchev–Trinajstić information content (AvgIpc) is 2.62. The molecule has 0 spiro atoms. The van der Waals surface area contributed by atoms with Crippen molar-refractivity contribution in [2.45, 2.75) is 127 Å². The van der Waals surface area contributed by atoms with E-state index in [9.17, 15) is 4.79 Å². The van der Waals surface area contributed by atoms with Crippen LogP contribution in [0.2, 0.25) is 0 Å². The Morgan fingerprint density at radius 2 is 1.04 bits per heavy atom. The smallest absolute Gasteiger partial charge is 0.342 e. The minimum absolute atomic E-state index is 0.412. The first-order valence-electron chi connectivity index (χ1n) is 11.1. The zero-order chi connectivity index (χ0) is 19.5. The Morgan fingerprint density at radius 1 is 0.654 bits per heavy atom. The third kappa shape index (κ3) is 16.2. The van der Waals surface area contributed by atoms with Gasteiger partial charge in [-0.3, -0.25) is 0 Å². The van der Waals surface area contributed by atoms with Crippen molar-refractivity contribution in [1.82, 2.24) is 0 Å². The van der Waals surface area contributed by atoms with E-state index < -0.39 is 10.3 Å². The summed E-state index contributed by atoms with van der Waals surface area (Å²) < 4.78 is 3.74. The Hall–Kier alpha value is 0.0500. The summed E-state index contributed by atoms with van der Waals surface area (Å²) in [6.07, 6.45) is 20.6. The number of rotatable bonds is 19. The van der Waals surface area contributed by atoms with Crippen LogP contribution in [0.25, 0.3) is 0 Å². The molecule has 0 aromatic heterocycles. The fraction of sp³-hybridized carbons (Fsp3) is 0.955. The van der Waals surface area contributed by atoms with E-state index >= 15 is 0 Å². The number of carbonyl (C=O) groups is 1. The fourth-order valence-electron chi connectivity index (χ4n) is 3.06. The number of hydrogen-bond donors (Lipinski definition) is 0. The van der Waals surface area contributed by atoms with E-state index in [1.165, 1.54) is 77.0 Å². The van der Waals surface area contributed by atoms with Crippen molar-refractivity contribution in [2.24, 2.45) is 0 Å². The van der Waals surface area contributed by atoms with Crippen molar-refractivity contribution in [2.75, 3.05) is 6.61 Å². The summed E-state index contributed by atoms with van der Waals surface area (Å²) in [6, 6.07) is 0. The van der Waals surface area contributed by atoms with Gasteiger partial charge in [-0.15, -0.1) is 0 Å². The van der Waals surface area contributed by atoms with Crippen molar-refractivity contribution in [3.8, 4) is 0 Å². The highest BCUT2D eigenvalue weighted by atomic mass is 35.5. The Labute approximate surface area is 172 Å². The van der Waals surface area contributed by atoms with Crippen LogP contribution in [0.15, 0.2) is 0 Å². The Morgan fingerprint density at radius 3 is 1.46 bits per heavy atom. The monoisotopic (exact) mass is 408 g/mol. The van der Waals surface area contributed by atoms with Crippen LogP contribution in [0.4, 0.5) is 0 Å². The van der Waals surface area contributed by atoms with Crippen LogP contribution in [0, 0.1) is 0 Å². The molecule has 156 valence electrons. The van der Waals surface area contributed by atoms with E-state index in [0.717, 1.165) is 25.7 Å². The van der Waals surface area contributed by atoms with Gasteiger partial charge in [0, 0.05) is 0 Å². The fourth-order valence-corrected chi connectivity index (χ4v) is 3.43. The van der Waals surface area contributed by atoms with E-state index in [1.54, 1.807) is 0 Å². The first-order valence-corrected chi connectivity index (χ1v) is 11.8. The molecule has 0 aromatic carbocycles. The molecular weight excluding hydrogens is 367 g/mol. The lowest BCUT2D eigenvalue weighted by atomic mass is 10.0. The van der Waals surface area contributed by atoms with Gasteiger partial charge in [0.15, 0.2) is 0 Å². The van der Waals surface area contributed by atoms with Crippen molar-refractivity contribution in [3.63, 3.8) is 0 Å². The molecule has 0 aliphatic carbocycles. The maximum absolute atomic E-state index is 11.8. The first kappa shape index (κ1) is 26.1. The third-order valence-electron chi connectivity index (χ3n) is 4.87. The number of alkyl halides is 2. The number of unbranched alkanes of at least 4 members (excludes halogenated alkanes) is 14. The van der Waals surface area contributed by atoms with Gasteiger partial charge < -0.3 is 4.74 Å². The first-order chi connectivity index (χ1) is 12.5. The van der Waals surface area contributed by atoms with E-state index in [1.807, 2.05) is 0 Å². The van der Waals surface area contributed by atoms with E-state index in [4.69, 9.17) is 27.9 Å². The minimum atomic E-state index is -1.37. The van der Waals surface area contributed by atoms with E-state index in [0.29, 0.717) is 13.0 Å². The van der Waals surface area contributed by atoms with Gasteiger partial charge in [-0.25, -0.2) is 4.79 Å². The van der Waals surface area contributed by atoms with Crippen LogP contribution >= 0.6 is 23.2 Å². The van der Waals surface area contributed by atoms with Crippen LogP contribution in [-0.2, 0) is 9.53 Å². The largest absolute Gasteiger partial charge is 0.463 e. The number of halogens is 2. The van der Waals surface area contributed by atoms with Crippen LogP contribution in [0.5, 0.6) is 0 Å². The standard InChI is InChI=1S/C22H42Cl2O2/c1-3-5-7-8-9-10-11-12-13-14-15-16-17-18-19-22(23,24)21(25)26-20-6-4-2/h3-20H2,1-2H3. The van der Waals surface area contributed by atoms with E-state index in [2.05, 4.69) is 13.8 Å². The summed E-state index contributed by atoms with van der Waals surface area (Å²) in [5.41, 5.74) is 0. The van der Waals surface area contributed by atoms with E-state index in [-0.39, 0.29) is 0 Å². The number of hydrogen-bond acceptors (Lipinski definition) is 2. The van der Waals surface area contributed by atoms with Gasteiger partial charge in [0.05, 0.1) is 6.61 Å². The lowest BCUT2D eigenvalue weighted by Gasteiger charge is -2.17. The third-order valence-corrected chi connectivity index (χ3v) is 5.56. The van der Waals surface area contributed by atoms with Crippen molar-refractivity contribution < 1.29 is 9.53 Å². The molecular formula is C22H42Cl2O2. The number of ether oxygens (including phenoxy) is 1. The van der Waals surface area contributed by atoms with Crippen LogP contribution in [-0.4, -0.2) is 16.9 Å². The average molecular weight is 409 g/mol. The van der Waals surface area contributed by atoms with Gasteiger partial charge in [0.1, 0.15) is 0 Å². The predicted molar refractivity (Wildman–Crippen MR) is 115 cm³/mol. The Kier molecular flexibility index (Phi) is 18.5. The summed E-state index contributed by atoms with van der Waals surface area (Å²) in [7, 11) is 0. The van der Waals surface area contributed by atoms with Gasteiger partial charge in [-0.05, 0) is 19.3 Å². The lowest BCUT2D eigenvalue weighted by Crippen LogP contribution is -2.28. The van der Waals surface area contributed by atoms with Crippen molar-refractivity contribution in [3.05, 3.63) is 0 Å². The second kappa shape index (κ2) is 18.4. The molecule has 0 aliphatic heterocycles. The molecule has 0 saturated carbocycles. The second-order valence-corrected chi connectivity index (χ2v) is 9.02. The quantitative estimate of drug-likeness (QED) is 0.122. The van der Waals surface area contributed by atoms with Gasteiger partial charge >= 0.3 is 5.97 Å². The Balaban J connectivity index is 3.38. The highest BCUT2D eigenvalue weighted by Crippen LogP contribution is 2.30. The van der Waals surface area contributed by atoms with Gasteiger partial charge in [0.2, 0.25) is 4.33 Å². The molecule has 4 heteroatoms. The Bertz CT molecular complexity index is 319. The summed E-state index contributed by atoms with van der Waals surface area (Å²) in [5.74, 6) is -0.482. The van der Waals surface area contributed by atoms with Crippen LogP contribution in [0.3, 0.4) is 0 Å². The van der Waals surface area contributed by atoms with Crippen LogP contribution < -0.4 is 0 Å². The molecule has 0 aromatic rings. The summed E-state index contributed by atoms with van der Waals surface area (Å²) >= 11 is 12.2. The minimum Gasteiger partial charge on any atom is -0.463 e. The molecule has 0 aliphatic rings. The summed E-state index contributed by atoms with van der Waals surface area (Å²) in [4.78, 5) is 11.8. The van der Waals surface area contributed by atoms with Crippen LogP contribution in [0.1, 0.15) is 123 Å². The molecule has 0 unspecified atom stereocenters.